The summed E-state index contributed by atoms with van der Waals surface area (Å²) in [6.07, 6.45) is 4.38. The van der Waals surface area contributed by atoms with E-state index in [1.807, 2.05) is 0 Å². The molecule has 3 aliphatic rings. The number of nitrogens with two attached hydrogens (primary N) is 1. The predicted molar refractivity (Wildman–Crippen MR) is 152 cm³/mol. The summed E-state index contributed by atoms with van der Waals surface area (Å²) in [5, 5.41) is 7.88. The third-order valence-corrected chi connectivity index (χ3v) is 7.11. The Morgan fingerprint density at radius 2 is 1.85 bits per heavy atom. The molecular formula is C27H37ClFN9O2. The van der Waals surface area contributed by atoms with Gasteiger partial charge in [-0.05, 0) is 44.6 Å². The molecule has 40 heavy (non-hydrogen) atoms. The van der Waals surface area contributed by atoms with Crippen molar-refractivity contribution in [1.29, 1.82) is 5.26 Å². The van der Waals surface area contributed by atoms with Crippen molar-refractivity contribution in [1.82, 2.24) is 29.7 Å². The maximum Gasteiger partial charge on any atom is 0.318 e. The average molecular weight is 574 g/mol. The number of fused-ring (bicyclic) bond motifs is 1. The number of carbonyl (C=O) groups is 1. The summed E-state index contributed by atoms with van der Waals surface area (Å²) in [6.45, 7) is 10.8. The molecule has 0 radical (unpaired) electrons. The Morgan fingerprint density at radius 3 is 2.40 bits per heavy atom. The molecule has 0 unspecified atom stereocenters. The Balaban J connectivity index is 0.000000421. The SMILES string of the molecule is C=C(F)C(=O)N1CCN(c2nc(OC)nc3c2CN(Cc2cc(N)ncc2Cl)C3)CC1.CC#N.CN1CCCC1. The molecule has 1 amide bonds. The van der Waals surface area contributed by atoms with Crippen LogP contribution in [0, 0.1) is 11.3 Å². The predicted octanol–water partition coefficient (Wildman–Crippen LogP) is 3.01. The molecule has 5 rings (SSSR count). The van der Waals surface area contributed by atoms with Crippen molar-refractivity contribution in [2.24, 2.45) is 0 Å². The third-order valence-electron chi connectivity index (χ3n) is 6.77. The molecule has 13 heteroatoms. The van der Waals surface area contributed by atoms with Crippen molar-refractivity contribution in [2.75, 3.05) is 64.1 Å². The van der Waals surface area contributed by atoms with Crippen LogP contribution in [0.2, 0.25) is 5.02 Å². The van der Waals surface area contributed by atoms with Crippen molar-refractivity contribution >= 4 is 29.1 Å². The monoisotopic (exact) mass is 573 g/mol. The molecular weight excluding hydrogens is 537 g/mol. The molecule has 2 saturated heterocycles. The molecule has 3 aliphatic heterocycles. The number of methoxy groups -OCH3 is 1. The van der Waals surface area contributed by atoms with Crippen LogP contribution in [-0.2, 0) is 24.4 Å². The zero-order valence-electron chi connectivity index (χ0n) is 23.4. The molecule has 5 heterocycles. The van der Waals surface area contributed by atoms with Crippen LogP contribution in [0.3, 0.4) is 0 Å². The Labute approximate surface area is 240 Å². The minimum atomic E-state index is -0.941. The number of amides is 1. The second kappa shape index (κ2) is 14.7. The summed E-state index contributed by atoms with van der Waals surface area (Å²) in [5.74, 6) is -0.411. The van der Waals surface area contributed by atoms with E-state index in [9.17, 15) is 9.18 Å². The van der Waals surface area contributed by atoms with Gasteiger partial charge in [0, 0.05) is 64.5 Å². The maximum atomic E-state index is 13.2. The van der Waals surface area contributed by atoms with E-state index in [1.54, 1.807) is 18.3 Å². The van der Waals surface area contributed by atoms with Crippen molar-refractivity contribution in [3.63, 3.8) is 0 Å². The smallest absolute Gasteiger partial charge is 0.318 e. The van der Waals surface area contributed by atoms with Crippen LogP contribution in [0.15, 0.2) is 24.7 Å². The normalized spacial score (nSPS) is 16.7. The van der Waals surface area contributed by atoms with Crippen molar-refractivity contribution in [2.45, 2.75) is 39.4 Å². The van der Waals surface area contributed by atoms with E-state index in [1.165, 1.54) is 44.9 Å². The molecule has 11 nitrogen and oxygen atoms in total. The largest absolute Gasteiger partial charge is 0.467 e. The molecule has 2 N–H and O–H groups in total. The molecule has 0 aliphatic carbocycles. The molecule has 216 valence electrons. The maximum absolute atomic E-state index is 13.2. The highest BCUT2D eigenvalue weighted by Gasteiger charge is 2.31. The zero-order valence-corrected chi connectivity index (χ0v) is 24.1. The minimum absolute atomic E-state index is 0.289. The molecule has 0 bridgehead atoms. The van der Waals surface area contributed by atoms with E-state index in [-0.39, 0.29) is 6.01 Å². The number of hydrogen-bond donors (Lipinski definition) is 1. The highest BCUT2D eigenvalue weighted by molar-refractivity contribution is 6.31. The number of nitrogen functional groups attached to an aromatic ring is 1. The molecule has 2 fully saturated rings. The first-order valence-corrected chi connectivity index (χ1v) is 13.5. The fourth-order valence-electron chi connectivity index (χ4n) is 4.77. The number of piperazine rings is 1. The van der Waals surface area contributed by atoms with Gasteiger partial charge in [-0.25, -0.2) is 9.37 Å². The molecule has 2 aromatic heterocycles. The van der Waals surface area contributed by atoms with E-state index in [2.05, 4.69) is 43.3 Å². The standard InChI is InChI=1S/C20H23ClFN7O2.C5H11N.C2H3N/c1-12(22)19(30)29-5-3-28(4-6-29)18-14-10-27(11-16(14)25-20(26-18)31-2)9-13-7-17(23)24-8-15(13)21;1-6-4-2-3-5-6;1-2-3/h7-8H,1,3-6,9-11H2,2H3,(H2,23,24);2-5H2,1H3;1H3. The second-order valence-electron chi connectivity index (χ2n) is 9.72. The Hall–Kier alpha value is -3.53. The fourth-order valence-corrected chi connectivity index (χ4v) is 4.94. The Morgan fingerprint density at radius 1 is 1.20 bits per heavy atom. The lowest BCUT2D eigenvalue weighted by atomic mass is 10.2. The first kappa shape index (κ1) is 31.0. The van der Waals surface area contributed by atoms with E-state index >= 15 is 0 Å². The molecule has 0 saturated carbocycles. The van der Waals surface area contributed by atoms with Gasteiger partial charge in [0.1, 0.15) is 11.6 Å². The number of anilines is 2. The van der Waals surface area contributed by atoms with Gasteiger partial charge in [-0.3, -0.25) is 9.69 Å². The topological polar surface area (TPSA) is 128 Å². The van der Waals surface area contributed by atoms with Crippen LogP contribution < -0.4 is 15.4 Å². The van der Waals surface area contributed by atoms with Gasteiger partial charge in [0.25, 0.3) is 5.91 Å². The lowest BCUT2D eigenvalue weighted by Gasteiger charge is -2.35. The number of pyridine rings is 1. The van der Waals surface area contributed by atoms with E-state index in [0.29, 0.717) is 56.7 Å². The second-order valence-corrected chi connectivity index (χ2v) is 10.1. The van der Waals surface area contributed by atoms with Crippen molar-refractivity contribution in [3.8, 4) is 12.1 Å². The summed E-state index contributed by atoms with van der Waals surface area (Å²) in [4.78, 5) is 33.1. The van der Waals surface area contributed by atoms with Gasteiger partial charge in [0.05, 0.1) is 23.9 Å². The summed E-state index contributed by atoms with van der Waals surface area (Å²) >= 11 is 6.28. The van der Waals surface area contributed by atoms with E-state index < -0.39 is 11.7 Å². The number of halogens is 2. The van der Waals surface area contributed by atoms with Gasteiger partial charge < -0.3 is 25.2 Å². The summed E-state index contributed by atoms with van der Waals surface area (Å²) in [6, 6.07) is 3.81. The Kier molecular flexibility index (Phi) is 11.4. The van der Waals surface area contributed by atoms with E-state index in [4.69, 9.17) is 27.3 Å². The van der Waals surface area contributed by atoms with E-state index in [0.717, 1.165) is 22.6 Å². The molecule has 0 atom stereocenters. The van der Waals surface area contributed by atoms with Crippen LogP contribution in [0.4, 0.5) is 16.0 Å². The number of aromatic nitrogens is 3. The average Bonchev–Trinajstić information content (AvgIpc) is 3.59. The first-order chi connectivity index (χ1) is 19.2. The van der Waals surface area contributed by atoms with Crippen LogP contribution in [0.25, 0.3) is 0 Å². The number of hydrogen-bond acceptors (Lipinski definition) is 10. The fraction of sp³-hybridized carbons (Fsp3) is 0.519. The summed E-state index contributed by atoms with van der Waals surface area (Å²) in [7, 11) is 3.70. The number of nitriles is 1. The molecule has 0 spiro atoms. The summed E-state index contributed by atoms with van der Waals surface area (Å²) in [5.41, 5.74) is 8.59. The van der Waals surface area contributed by atoms with Crippen LogP contribution in [-0.4, -0.2) is 89.0 Å². The number of rotatable bonds is 5. The lowest BCUT2D eigenvalue weighted by Crippen LogP contribution is -2.49. The molecule has 2 aromatic rings. The highest BCUT2D eigenvalue weighted by Crippen LogP contribution is 2.33. The third kappa shape index (κ3) is 8.24. The highest BCUT2D eigenvalue weighted by atomic mass is 35.5. The van der Waals surface area contributed by atoms with Gasteiger partial charge in [0.2, 0.25) is 0 Å². The first-order valence-electron chi connectivity index (χ1n) is 13.1. The van der Waals surface area contributed by atoms with Gasteiger partial charge in [-0.15, -0.1) is 0 Å². The minimum Gasteiger partial charge on any atom is -0.467 e. The lowest BCUT2D eigenvalue weighted by molar-refractivity contribution is -0.128. The number of likely N-dealkylation sites (tertiary alicyclic amines) is 1. The van der Waals surface area contributed by atoms with Crippen LogP contribution in [0.5, 0.6) is 6.01 Å². The molecule has 0 aromatic carbocycles. The van der Waals surface area contributed by atoms with Gasteiger partial charge >= 0.3 is 6.01 Å². The van der Waals surface area contributed by atoms with Gasteiger partial charge in [-0.2, -0.15) is 15.2 Å². The van der Waals surface area contributed by atoms with Crippen molar-refractivity contribution in [3.05, 3.63) is 46.5 Å². The van der Waals surface area contributed by atoms with Gasteiger partial charge in [-0.1, -0.05) is 18.2 Å². The van der Waals surface area contributed by atoms with Crippen LogP contribution in [0.1, 0.15) is 36.6 Å². The quantitative estimate of drug-likeness (QED) is 0.533. The number of carbonyl (C=O) groups excluding carboxylic acids is 1. The van der Waals surface area contributed by atoms with Gasteiger partial charge in [0.15, 0.2) is 5.83 Å². The Bertz CT molecular complexity index is 1230. The van der Waals surface area contributed by atoms with Crippen LogP contribution >= 0.6 is 11.6 Å². The summed E-state index contributed by atoms with van der Waals surface area (Å²) < 4.78 is 18.5. The number of nitrogens with zero attached hydrogens (tertiary/aromatic N) is 8. The number of ether oxygens (including phenoxy) is 1. The van der Waals surface area contributed by atoms with Crippen molar-refractivity contribution < 1.29 is 13.9 Å². The zero-order chi connectivity index (χ0) is 29.2.